The van der Waals surface area contributed by atoms with Crippen molar-refractivity contribution < 1.29 is 14.4 Å². The number of para-hydroxylation sites is 1. The number of fused-ring (bicyclic) bond motifs is 1. The van der Waals surface area contributed by atoms with Crippen LogP contribution in [-0.4, -0.2) is 28.8 Å². The normalized spacial score (nSPS) is 16.1. The third-order valence-electron chi connectivity index (χ3n) is 5.59. The predicted molar refractivity (Wildman–Crippen MR) is 115 cm³/mol. The minimum Gasteiger partial charge on any atom is -0.350 e. The number of hydrogen-bond donors (Lipinski definition) is 2. The minimum atomic E-state index is -0.517. The maximum Gasteiger partial charge on any atom is 0.271 e. The Kier molecular flexibility index (Phi) is 5.27. The van der Waals surface area contributed by atoms with E-state index in [0.717, 1.165) is 23.0 Å². The Morgan fingerprint density at radius 3 is 2.53 bits per heavy atom. The molecule has 30 heavy (non-hydrogen) atoms. The van der Waals surface area contributed by atoms with E-state index in [4.69, 9.17) is 0 Å². The van der Waals surface area contributed by atoms with Gasteiger partial charge in [-0.2, -0.15) is 0 Å². The second kappa shape index (κ2) is 8.02. The molecule has 1 atom stereocenters. The van der Waals surface area contributed by atoms with Crippen LogP contribution in [0, 0.1) is 5.92 Å². The number of nitrogens with zero attached hydrogens (tertiary/aromatic N) is 2. The van der Waals surface area contributed by atoms with Crippen LogP contribution in [0.2, 0.25) is 0 Å². The first kappa shape index (κ1) is 19.7. The van der Waals surface area contributed by atoms with Crippen molar-refractivity contribution in [1.29, 1.82) is 0 Å². The number of hydrogen-bond acceptors (Lipinski definition) is 3. The molecular formula is C23H24N4O3. The monoisotopic (exact) mass is 404 g/mol. The van der Waals surface area contributed by atoms with Gasteiger partial charge < -0.3 is 9.47 Å². The fourth-order valence-electron chi connectivity index (χ4n) is 3.85. The highest BCUT2D eigenvalue weighted by atomic mass is 16.2. The molecule has 4 rings (SSSR count). The van der Waals surface area contributed by atoms with E-state index in [-0.39, 0.29) is 18.2 Å². The molecule has 0 bridgehead atoms. The van der Waals surface area contributed by atoms with Crippen LogP contribution in [-0.2, 0) is 23.1 Å². The number of anilines is 1. The number of carbonyl (C=O) groups excluding carboxylic acids is 3. The van der Waals surface area contributed by atoms with E-state index in [0.29, 0.717) is 12.1 Å². The quantitative estimate of drug-likeness (QED) is 0.656. The van der Waals surface area contributed by atoms with Crippen molar-refractivity contribution in [1.82, 2.24) is 15.4 Å². The number of carbonyl (C=O) groups is 3. The number of aryl methyl sites for hydroxylation is 2. The molecule has 2 heterocycles. The van der Waals surface area contributed by atoms with Crippen molar-refractivity contribution in [3.8, 4) is 0 Å². The van der Waals surface area contributed by atoms with E-state index >= 15 is 0 Å². The van der Waals surface area contributed by atoms with E-state index < -0.39 is 11.8 Å². The molecule has 2 N–H and O–H groups in total. The maximum absolute atomic E-state index is 12.6. The van der Waals surface area contributed by atoms with Gasteiger partial charge in [0.05, 0.1) is 11.5 Å². The van der Waals surface area contributed by atoms with Gasteiger partial charge >= 0.3 is 0 Å². The molecule has 0 spiro atoms. The summed E-state index contributed by atoms with van der Waals surface area (Å²) in [5.74, 6) is -1.38. The van der Waals surface area contributed by atoms with Crippen molar-refractivity contribution in [2.24, 2.45) is 13.0 Å². The highest BCUT2D eigenvalue weighted by molar-refractivity contribution is 6.07. The zero-order valence-electron chi connectivity index (χ0n) is 17.0. The standard InChI is InChI=1S/C23H24N4O3/c1-3-15-8-10-17(11-9-15)27-13-16(12-21(27)28)22(29)24-25-23(30)19-14-26(2)20-7-5-4-6-18(19)20/h4-11,14,16H,3,12-13H2,1-2H3,(H,24,29)(H,25,30). The molecule has 2 aromatic carbocycles. The number of aromatic nitrogens is 1. The molecule has 1 aromatic heterocycles. The van der Waals surface area contributed by atoms with Gasteiger partial charge in [0.15, 0.2) is 0 Å². The first-order valence-corrected chi connectivity index (χ1v) is 10.0. The van der Waals surface area contributed by atoms with Gasteiger partial charge in [-0.15, -0.1) is 0 Å². The van der Waals surface area contributed by atoms with E-state index in [9.17, 15) is 14.4 Å². The molecule has 0 aliphatic carbocycles. The molecule has 7 nitrogen and oxygen atoms in total. The van der Waals surface area contributed by atoms with Crippen LogP contribution < -0.4 is 15.8 Å². The van der Waals surface area contributed by atoms with Crippen molar-refractivity contribution >= 4 is 34.3 Å². The number of hydrazine groups is 1. The Labute approximate surface area is 174 Å². The SMILES string of the molecule is CCc1ccc(N2CC(C(=O)NNC(=O)c3cn(C)c4ccccc34)CC2=O)cc1. The summed E-state index contributed by atoms with van der Waals surface area (Å²) in [6, 6.07) is 15.3. The summed E-state index contributed by atoms with van der Waals surface area (Å²) in [7, 11) is 1.86. The molecule has 3 amide bonds. The molecule has 1 fully saturated rings. The second-order valence-electron chi connectivity index (χ2n) is 7.54. The van der Waals surface area contributed by atoms with Crippen molar-refractivity contribution in [2.75, 3.05) is 11.4 Å². The van der Waals surface area contributed by atoms with E-state index in [1.54, 1.807) is 11.1 Å². The van der Waals surface area contributed by atoms with Crippen LogP contribution >= 0.6 is 0 Å². The molecule has 154 valence electrons. The van der Waals surface area contributed by atoms with Crippen LogP contribution in [0.25, 0.3) is 10.9 Å². The van der Waals surface area contributed by atoms with Crippen molar-refractivity contribution in [3.63, 3.8) is 0 Å². The van der Waals surface area contributed by atoms with E-state index in [2.05, 4.69) is 17.8 Å². The summed E-state index contributed by atoms with van der Waals surface area (Å²) >= 11 is 0. The number of amides is 3. The van der Waals surface area contributed by atoms with Crippen LogP contribution in [0.3, 0.4) is 0 Å². The van der Waals surface area contributed by atoms with Crippen LogP contribution in [0.4, 0.5) is 5.69 Å². The molecular weight excluding hydrogens is 380 g/mol. The fourth-order valence-corrected chi connectivity index (χ4v) is 3.85. The summed E-state index contributed by atoms with van der Waals surface area (Å²) in [6.45, 7) is 2.36. The van der Waals surface area contributed by atoms with Gasteiger partial charge in [0, 0.05) is 42.8 Å². The van der Waals surface area contributed by atoms with Gasteiger partial charge in [-0.3, -0.25) is 25.2 Å². The Hall–Kier alpha value is -3.61. The lowest BCUT2D eigenvalue weighted by atomic mass is 10.1. The van der Waals surface area contributed by atoms with Crippen LogP contribution in [0.15, 0.2) is 54.7 Å². The van der Waals surface area contributed by atoms with Gasteiger partial charge in [-0.05, 0) is 30.2 Å². The molecule has 1 aliphatic heterocycles. The Morgan fingerprint density at radius 2 is 1.80 bits per heavy atom. The molecule has 1 unspecified atom stereocenters. The first-order chi connectivity index (χ1) is 14.5. The summed E-state index contributed by atoms with van der Waals surface area (Å²) in [4.78, 5) is 39.2. The molecule has 0 radical (unpaired) electrons. The second-order valence-corrected chi connectivity index (χ2v) is 7.54. The van der Waals surface area contributed by atoms with Crippen LogP contribution in [0.1, 0.15) is 29.3 Å². The maximum atomic E-state index is 12.6. The van der Waals surface area contributed by atoms with Crippen LogP contribution in [0.5, 0.6) is 0 Å². The van der Waals surface area contributed by atoms with Gasteiger partial charge in [0.1, 0.15) is 0 Å². The molecule has 3 aromatic rings. The highest BCUT2D eigenvalue weighted by Crippen LogP contribution is 2.25. The summed E-state index contributed by atoms with van der Waals surface area (Å²) in [5.41, 5.74) is 8.35. The minimum absolute atomic E-state index is 0.0974. The number of nitrogens with one attached hydrogen (secondary N) is 2. The number of rotatable bonds is 4. The van der Waals surface area contributed by atoms with Gasteiger partial charge in [-0.25, -0.2) is 0 Å². The first-order valence-electron chi connectivity index (χ1n) is 10.0. The third kappa shape index (κ3) is 3.66. The lowest BCUT2D eigenvalue weighted by Gasteiger charge is -2.17. The topological polar surface area (TPSA) is 83.4 Å². The van der Waals surface area contributed by atoms with E-state index in [1.165, 1.54) is 5.56 Å². The molecule has 1 saturated heterocycles. The smallest absolute Gasteiger partial charge is 0.271 e. The molecule has 0 saturated carbocycles. The predicted octanol–water partition coefficient (Wildman–Crippen LogP) is 2.55. The molecule has 1 aliphatic rings. The largest absolute Gasteiger partial charge is 0.350 e. The van der Waals surface area contributed by atoms with Gasteiger partial charge in [-0.1, -0.05) is 37.3 Å². The zero-order valence-corrected chi connectivity index (χ0v) is 17.0. The number of benzene rings is 2. The average molecular weight is 404 g/mol. The van der Waals surface area contributed by atoms with Gasteiger partial charge in [0.25, 0.3) is 5.91 Å². The fraction of sp³-hybridized carbons (Fsp3) is 0.261. The highest BCUT2D eigenvalue weighted by Gasteiger charge is 2.35. The lowest BCUT2D eigenvalue weighted by molar-refractivity contribution is -0.126. The van der Waals surface area contributed by atoms with E-state index in [1.807, 2.05) is 60.1 Å². The summed E-state index contributed by atoms with van der Waals surface area (Å²) < 4.78 is 1.86. The lowest BCUT2D eigenvalue weighted by Crippen LogP contribution is -2.45. The van der Waals surface area contributed by atoms with Crippen molar-refractivity contribution in [3.05, 3.63) is 65.9 Å². The van der Waals surface area contributed by atoms with Crippen molar-refractivity contribution in [2.45, 2.75) is 19.8 Å². The summed E-state index contributed by atoms with van der Waals surface area (Å²) in [6.07, 6.45) is 2.77. The Bertz CT molecular complexity index is 1120. The average Bonchev–Trinajstić information content (AvgIpc) is 3.32. The zero-order chi connectivity index (χ0) is 21.3. The Morgan fingerprint density at radius 1 is 1.07 bits per heavy atom. The Balaban J connectivity index is 1.39. The van der Waals surface area contributed by atoms with Gasteiger partial charge in [0.2, 0.25) is 11.8 Å². The molecule has 7 heteroatoms. The summed E-state index contributed by atoms with van der Waals surface area (Å²) in [5, 5.41) is 0.810. The third-order valence-corrected chi connectivity index (χ3v) is 5.59.